The van der Waals surface area contributed by atoms with Crippen molar-refractivity contribution in [2.45, 2.75) is 25.4 Å². The Morgan fingerprint density at radius 1 is 1.20 bits per heavy atom. The van der Waals surface area contributed by atoms with E-state index in [2.05, 4.69) is 10.3 Å². The Balaban J connectivity index is 1.42. The van der Waals surface area contributed by atoms with Crippen molar-refractivity contribution in [2.24, 2.45) is 0 Å². The zero-order valence-electron chi connectivity index (χ0n) is 13.9. The molecule has 0 aliphatic carbocycles. The lowest BCUT2D eigenvalue weighted by molar-refractivity contribution is -0.134. The molecule has 1 amide bonds. The van der Waals surface area contributed by atoms with Crippen LogP contribution in [0.15, 0.2) is 54.9 Å². The molecule has 128 valence electrons. The molecule has 1 aliphatic heterocycles. The van der Waals surface area contributed by atoms with E-state index in [0.717, 1.165) is 35.9 Å². The smallest absolute Gasteiger partial charge is 0.260 e. The Labute approximate surface area is 146 Å². The van der Waals surface area contributed by atoms with E-state index in [9.17, 15) is 4.79 Å². The molecule has 1 atom stereocenters. The molecule has 25 heavy (non-hydrogen) atoms. The topological polar surface area (TPSA) is 60.2 Å². The number of hydrogen-bond donors (Lipinski definition) is 0. The molecule has 4 rings (SSSR count). The van der Waals surface area contributed by atoms with Gasteiger partial charge in [-0.25, -0.2) is 0 Å². The van der Waals surface area contributed by atoms with Gasteiger partial charge in [0.15, 0.2) is 6.61 Å². The van der Waals surface area contributed by atoms with Crippen LogP contribution in [0.1, 0.15) is 12.8 Å². The van der Waals surface area contributed by atoms with Crippen molar-refractivity contribution >= 4 is 16.7 Å². The number of amides is 1. The molecule has 3 aromatic rings. The lowest BCUT2D eigenvalue weighted by atomic mass is 10.1. The van der Waals surface area contributed by atoms with Crippen molar-refractivity contribution in [1.82, 2.24) is 19.9 Å². The highest BCUT2D eigenvalue weighted by Crippen LogP contribution is 2.25. The Hall–Kier alpha value is -2.89. The first kappa shape index (κ1) is 15.6. The molecule has 1 fully saturated rings. The predicted molar refractivity (Wildman–Crippen MR) is 94.2 cm³/mol. The van der Waals surface area contributed by atoms with Crippen LogP contribution in [0.2, 0.25) is 0 Å². The molecule has 6 heteroatoms. The normalized spacial score (nSPS) is 17.1. The molecule has 0 unspecified atom stereocenters. The van der Waals surface area contributed by atoms with Gasteiger partial charge < -0.3 is 9.64 Å². The van der Waals surface area contributed by atoms with Gasteiger partial charge in [0.25, 0.3) is 5.91 Å². The average Bonchev–Trinajstić information content (AvgIpc) is 3.32. The fourth-order valence-electron chi connectivity index (χ4n) is 3.44. The summed E-state index contributed by atoms with van der Waals surface area (Å²) in [4.78, 5) is 14.6. The van der Waals surface area contributed by atoms with Crippen LogP contribution in [-0.2, 0) is 11.3 Å². The molecule has 0 bridgehead atoms. The molecule has 1 aromatic heterocycles. The monoisotopic (exact) mass is 336 g/mol. The van der Waals surface area contributed by atoms with Crippen molar-refractivity contribution in [3.8, 4) is 5.75 Å². The van der Waals surface area contributed by atoms with E-state index in [4.69, 9.17) is 4.74 Å². The standard InChI is InChI=1S/C19H20N4O2/c24-19(23-11-4-7-16(23)13-22-12-10-20-21-22)14-25-18-9-3-6-15-5-1-2-8-17(15)18/h1-3,5-6,8-10,12,16H,4,7,11,13-14H2/t16-/m0/s1. The minimum absolute atomic E-state index is 0.0237. The quantitative estimate of drug-likeness (QED) is 0.718. The number of benzene rings is 2. The summed E-state index contributed by atoms with van der Waals surface area (Å²) >= 11 is 0. The van der Waals surface area contributed by atoms with Gasteiger partial charge in [-0.15, -0.1) is 5.10 Å². The maximum atomic E-state index is 12.6. The zero-order chi connectivity index (χ0) is 17.1. The molecule has 1 aliphatic rings. The molecule has 6 nitrogen and oxygen atoms in total. The van der Waals surface area contributed by atoms with E-state index in [1.54, 1.807) is 10.9 Å². The highest BCUT2D eigenvalue weighted by Gasteiger charge is 2.29. The molecule has 0 saturated carbocycles. The number of carbonyl (C=O) groups excluding carboxylic acids is 1. The minimum atomic E-state index is 0.0237. The van der Waals surface area contributed by atoms with Crippen LogP contribution in [0, 0.1) is 0 Å². The van der Waals surface area contributed by atoms with Crippen LogP contribution in [0.3, 0.4) is 0 Å². The van der Waals surface area contributed by atoms with Gasteiger partial charge in [0.05, 0.1) is 18.8 Å². The van der Waals surface area contributed by atoms with E-state index in [1.165, 1.54) is 0 Å². The fraction of sp³-hybridized carbons (Fsp3) is 0.316. The third-order valence-corrected chi connectivity index (χ3v) is 4.67. The molecule has 2 heterocycles. The van der Waals surface area contributed by atoms with Gasteiger partial charge in [0, 0.05) is 18.1 Å². The minimum Gasteiger partial charge on any atom is -0.483 e. The van der Waals surface area contributed by atoms with E-state index in [1.807, 2.05) is 53.6 Å². The summed E-state index contributed by atoms with van der Waals surface area (Å²) in [6.07, 6.45) is 5.48. The zero-order valence-corrected chi connectivity index (χ0v) is 13.9. The van der Waals surface area contributed by atoms with Crippen LogP contribution in [0.25, 0.3) is 10.8 Å². The van der Waals surface area contributed by atoms with Gasteiger partial charge >= 0.3 is 0 Å². The largest absolute Gasteiger partial charge is 0.483 e. The van der Waals surface area contributed by atoms with E-state index in [0.29, 0.717) is 6.54 Å². The number of aromatic nitrogens is 3. The van der Waals surface area contributed by atoms with Crippen molar-refractivity contribution in [3.63, 3.8) is 0 Å². The Kier molecular flexibility index (Phi) is 4.33. The van der Waals surface area contributed by atoms with Crippen LogP contribution in [0.5, 0.6) is 5.75 Å². The second-order valence-corrected chi connectivity index (χ2v) is 6.27. The first-order valence-electron chi connectivity index (χ1n) is 8.55. The van der Waals surface area contributed by atoms with Crippen molar-refractivity contribution < 1.29 is 9.53 Å². The summed E-state index contributed by atoms with van der Waals surface area (Å²) in [6, 6.07) is 14.1. The maximum Gasteiger partial charge on any atom is 0.260 e. The van der Waals surface area contributed by atoms with Crippen LogP contribution in [-0.4, -0.2) is 45.0 Å². The number of hydrogen-bond acceptors (Lipinski definition) is 4. The molecular weight excluding hydrogens is 316 g/mol. The fourth-order valence-corrected chi connectivity index (χ4v) is 3.44. The lowest BCUT2D eigenvalue weighted by Gasteiger charge is -2.24. The summed E-state index contributed by atoms with van der Waals surface area (Å²) in [5.41, 5.74) is 0. The second kappa shape index (κ2) is 6.93. The van der Waals surface area contributed by atoms with Crippen molar-refractivity contribution in [3.05, 3.63) is 54.9 Å². The van der Waals surface area contributed by atoms with Crippen molar-refractivity contribution in [1.29, 1.82) is 0 Å². The van der Waals surface area contributed by atoms with Gasteiger partial charge in [-0.1, -0.05) is 41.6 Å². The number of nitrogens with zero attached hydrogens (tertiary/aromatic N) is 4. The number of ether oxygens (including phenoxy) is 1. The SMILES string of the molecule is O=C(COc1cccc2ccccc12)N1CCC[C@H]1Cn1ccnn1. The predicted octanol–water partition coefficient (Wildman–Crippen LogP) is 2.50. The number of likely N-dealkylation sites (tertiary alicyclic amines) is 1. The number of fused-ring (bicyclic) bond motifs is 1. The summed E-state index contributed by atoms with van der Waals surface area (Å²) in [7, 11) is 0. The summed E-state index contributed by atoms with van der Waals surface area (Å²) in [5, 5.41) is 9.96. The third kappa shape index (κ3) is 3.33. The molecule has 2 aromatic carbocycles. The summed E-state index contributed by atoms with van der Waals surface area (Å²) in [6.45, 7) is 1.51. The number of rotatable bonds is 5. The van der Waals surface area contributed by atoms with Gasteiger partial charge in [0.2, 0.25) is 0 Å². The first-order chi connectivity index (χ1) is 12.3. The number of carbonyl (C=O) groups is 1. The highest BCUT2D eigenvalue weighted by atomic mass is 16.5. The van der Waals surface area contributed by atoms with Crippen LogP contribution in [0.4, 0.5) is 0 Å². The first-order valence-corrected chi connectivity index (χ1v) is 8.55. The molecular formula is C19H20N4O2. The van der Waals surface area contributed by atoms with E-state index in [-0.39, 0.29) is 18.6 Å². The Bertz CT molecular complexity index is 858. The van der Waals surface area contributed by atoms with Gasteiger partial charge in [0.1, 0.15) is 5.75 Å². The maximum absolute atomic E-state index is 12.6. The Morgan fingerprint density at radius 3 is 2.96 bits per heavy atom. The van der Waals surface area contributed by atoms with Crippen molar-refractivity contribution in [2.75, 3.05) is 13.2 Å². The summed E-state index contributed by atoms with van der Waals surface area (Å²) < 4.78 is 7.63. The van der Waals surface area contributed by atoms with E-state index >= 15 is 0 Å². The Morgan fingerprint density at radius 2 is 2.08 bits per heavy atom. The third-order valence-electron chi connectivity index (χ3n) is 4.67. The van der Waals surface area contributed by atoms with Gasteiger partial charge in [-0.05, 0) is 24.3 Å². The molecule has 0 N–H and O–H groups in total. The average molecular weight is 336 g/mol. The molecule has 0 radical (unpaired) electrons. The van der Waals surface area contributed by atoms with E-state index < -0.39 is 0 Å². The lowest BCUT2D eigenvalue weighted by Crippen LogP contribution is -2.40. The van der Waals surface area contributed by atoms with Gasteiger partial charge in [-0.3, -0.25) is 9.48 Å². The van der Waals surface area contributed by atoms with Crippen LogP contribution < -0.4 is 4.74 Å². The molecule has 0 spiro atoms. The highest BCUT2D eigenvalue weighted by molar-refractivity contribution is 5.88. The molecule has 1 saturated heterocycles. The summed E-state index contributed by atoms with van der Waals surface area (Å²) in [5.74, 6) is 0.772. The van der Waals surface area contributed by atoms with Gasteiger partial charge in [-0.2, -0.15) is 0 Å². The second-order valence-electron chi connectivity index (χ2n) is 6.27. The van der Waals surface area contributed by atoms with Crippen LogP contribution >= 0.6 is 0 Å².